The Morgan fingerprint density at radius 1 is 1.25 bits per heavy atom. The molecule has 1 saturated carbocycles. The van der Waals surface area contributed by atoms with Gasteiger partial charge in [0.15, 0.2) is 0 Å². The van der Waals surface area contributed by atoms with Gasteiger partial charge in [-0.2, -0.15) is 0 Å². The summed E-state index contributed by atoms with van der Waals surface area (Å²) in [4.78, 5) is 14.8. The molecule has 0 atom stereocenters. The predicted octanol–water partition coefficient (Wildman–Crippen LogP) is 1.35. The van der Waals surface area contributed by atoms with Gasteiger partial charge >= 0.3 is 5.97 Å². The van der Waals surface area contributed by atoms with E-state index in [-0.39, 0.29) is 18.2 Å². The van der Waals surface area contributed by atoms with Crippen LogP contribution in [0.25, 0.3) is 0 Å². The Kier molecular flexibility index (Phi) is 3.49. The average molecular weight is 174 g/mol. The molecule has 70 valence electrons. The van der Waals surface area contributed by atoms with Gasteiger partial charge in [-0.1, -0.05) is 0 Å². The van der Waals surface area contributed by atoms with Crippen LogP contribution in [-0.2, 0) is 14.4 Å². The molecule has 0 saturated heterocycles. The topological polar surface area (TPSA) is 55.8 Å². The third kappa shape index (κ3) is 2.79. The first-order chi connectivity index (χ1) is 5.72. The summed E-state index contributed by atoms with van der Waals surface area (Å²) in [6, 6.07) is 0. The molecule has 1 fully saturated rings. The summed E-state index contributed by atoms with van der Waals surface area (Å²) in [5.41, 5.74) is 0. The first kappa shape index (κ1) is 9.48. The SMILES string of the molecule is CC(=O)OC1CCC(OO)CC1. The van der Waals surface area contributed by atoms with Gasteiger partial charge in [-0.25, -0.2) is 4.89 Å². The fourth-order valence-electron chi connectivity index (χ4n) is 1.49. The number of hydrogen-bond acceptors (Lipinski definition) is 4. The summed E-state index contributed by atoms with van der Waals surface area (Å²) in [7, 11) is 0. The van der Waals surface area contributed by atoms with Crippen molar-refractivity contribution in [3.05, 3.63) is 0 Å². The van der Waals surface area contributed by atoms with E-state index in [1.54, 1.807) is 0 Å². The lowest BCUT2D eigenvalue weighted by atomic mass is 9.95. The first-order valence-electron chi connectivity index (χ1n) is 4.20. The van der Waals surface area contributed by atoms with Gasteiger partial charge in [0.2, 0.25) is 0 Å². The van der Waals surface area contributed by atoms with Crippen molar-refractivity contribution in [3.63, 3.8) is 0 Å². The third-order valence-corrected chi connectivity index (χ3v) is 2.10. The van der Waals surface area contributed by atoms with Gasteiger partial charge in [0.05, 0.1) is 6.10 Å². The van der Waals surface area contributed by atoms with E-state index in [1.807, 2.05) is 0 Å². The molecule has 1 aliphatic carbocycles. The Bertz CT molecular complexity index is 149. The van der Waals surface area contributed by atoms with Gasteiger partial charge in [-0.3, -0.25) is 10.1 Å². The van der Waals surface area contributed by atoms with E-state index in [9.17, 15) is 4.79 Å². The molecule has 0 aromatic rings. The van der Waals surface area contributed by atoms with Crippen LogP contribution in [0.1, 0.15) is 32.6 Å². The van der Waals surface area contributed by atoms with Crippen LogP contribution in [0.4, 0.5) is 0 Å². The predicted molar refractivity (Wildman–Crippen MR) is 41.5 cm³/mol. The number of rotatable bonds is 2. The van der Waals surface area contributed by atoms with Gasteiger partial charge in [0.1, 0.15) is 6.10 Å². The monoisotopic (exact) mass is 174 g/mol. The third-order valence-electron chi connectivity index (χ3n) is 2.10. The Morgan fingerprint density at radius 3 is 2.17 bits per heavy atom. The minimum absolute atomic E-state index is 0.0221. The van der Waals surface area contributed by atoms with E-state index in [1.165, 1.54) is 6.92 Å². The van der Waals surface area contributed by atoms with Gasteiger partial charge in [0.25, 0.3) is 0 Å². The Hall–Kier alpha value is -0.610. The van der Waals surface area contributed by atoms with Crippen LogP contribution in [0.2, 0.25) is 0 Å². The maximum atomic E-state index is 10.6. The van der Waals surface area contributed by atoms with Crippen molar-refractivity contribution in [2.75, 3.05) is 0 Å². The first-order valence-corrected chi connectivity index (χ1v) is 4.20. The average Bonchev–Trinajstić information content (AvgIpc) is 2.05. The van der Waals surface area contributed by atoms with Crippen molar-refractivity contribution < 1.29 is 19.7 Å². The minimum Gasteiger partial charge on any atom is -0.463 e. The molecule has 0 heterocycles. The second kappa shape index (κ2) is 4.42. The molecule has 4 heteroatoms. The minimum atomic E-state index is -0.233. The molecule has 12 heavy (non-hydrogen) atoms. The quantitative estimate of drug-likeness (QED) is 0.390. The lowest BCUT2D eigenvalue weighted by Crippen LogP contribution is -2.27. The van der Waals surface area contributed by atoms with E-state index >= 15 is 0 Å². The Labute approximate surface area is 71.4 Å². The molecule has 0 bridgehead atoms. The summed E-state index contributed by atoms with van der Waals surface area (Å²) in [6.07, 6.45) is 3.03. The zero-order valence-corrected chi connectivity index (χ0v) is 7.16. The molecule has 0 radical (unpaired) electrons. The molecule has 0 amide bonds. The summed E-state index contributed by atoms with van der Waals surface area (Å²) < 4.78 is 5.01. The van der Waals surface area contributed by atoms with Crippen molar-refractivity contribution in [1.29, 1.82) is 0 Å². The van der Waals surface area contributed by atoms with E-state index in [4.69, 9.17) is 9.99 Å². The highest BCUT2D eigenvalue weighted by molar-refractivity contribution is 5.66. The molecule has 0 aromatic carbocycles. The van der Waals surface area contributed by atoms with Crippen LogP contribution in [0.15, 0.2) is 0 Å². The lowest BCUT2D eigenvalue weighted by molar-refractivity contribution is -0.286. The van der Waals surface area contributed by atoms with Gasteiger partial charge < -0.3 is 4.74 Å². The molecular formula is C8H14O4. The number of hydrogen-bond donors (Lipinski definition) is 1. The zero-order chi connectivity index (χ0) is 8.97. The Balaban J connectivity index is 2.21. The van der Waals surface area contributed by atoms with Crippen LogP contribution < -0.4 is 0 Å². The smallest absolute Gasteiger partial charge is 0.302 e. The second-order valence-electron chi connectivity index (χ2n) is 3.11. The van der Waals surface area contributed by atoms with E-state index in [0.29, 0.717) is 0 Å². The number of esters is 1. The highest BCUT2D eigenvalue weighted by Crippen LogP contribution is 2.22. The van der Waals surface area contributed by atoms with Gasteiger partial charge in [0, 0.05) is 6.92 Å². The lowest BCUT2D eigenvalue weighted by Gasteiger charge is -2.25. The molecule has 0 unspecified atom stereocenters. The fourth-order valence-corrected chi connectivity index (χ4v) is 1.49. The highest BCUT2D eigenvalue weighted by Gasteiger charge is 2.23. The number of carbonyl (C=O) groups excluding carboxylic acids is 1. The largest absolute Gasteiger partial charge is 0.463 e. The van der Waals surface area contributed by atoms with Crippen molar-refractivity contribution in [2.24, 2.45) is 0 Å². The normalized spacial score (nSPS) is 29.8. The zero-order valence-electron chi connectivity index (χ0n) is 7.16. The second-order valence-corrected chi connectivity index (χ2v) is 3.11. The highest BCUT2D eigenvalue weighted by atomic mass is 17.1. The van der Waals surface area contributed by atoms with Crippen LogP contribution in [0.5, 0.6) is 0 Å². The summed E-state index contributed by atoms with van der Waals surface area (Å²) >= 11 is 0. The Morgan fingerprint density at radius 2 is 1.75 bits per heavy atom. The van der Waals surface area contributed by atoms with Gasteiger partial charge in [-0.05, 0) is 25.7 Å². The van der Waals surface area contributed by atoms with E-state index < -0.39 is 0 Å². The van der Waals surface area contributed by atoms with Crippen LogP contribution >= 0.6 is 0 Å². The molecular weight excluding hydrogens is 160 g/mol. The molecule has 0 aliphatic heterocycles. The summed E-state index contributed by atoms with van der Waals surface area (Å²) in [6.45, 7) is 1.41. The van der Waals surface area contributed by atoms with Crippen molar-refractivity contribution in [1.82, 2.24) is 0 Å². The molecule has 4 nitrogen and oxygen atoms in total. The van der Waals surface area contributed by atoms with Crippen LogP contribution in [0.3, 0.4) is 0 Å². The molecule has 1 rings (SSSR count). The van der Waals surface area contributed by atoms with Gasteiger partial charge in [-0.15, -0.1) is 0 Å². The molecule has 0 spiro atoms. The van der Waals surface area contributed by atoms with E-state index in [0.717, 1.165) is 25.7 Å². The summed E-state index contributed by atoms with van der Waals surface area (Å²) in [5.74, 6) is -0.233. The molecule has 1 aliphatic rings. The van der Waals surface area contributed by atoms with Crippen LogP contribution in [0, 0.1) is 0 Å². The number of ether oxygens (including phenoxy) is 1. The van der Waals surface area contributed by atoms with Crippen LogP contribution in [-0.4, -0.2) is 23.4 Å². The summed E-state index contributed by atoms with van der Waals surface area (Å²) in [5, 5.41) is 8.35. The van der Waals surface area contributed by atoms with Crippen molar-refractivity contribution >= 4 is 5.97 Å². The van der Waals surface area contributed by atoms with E-state index in [2.05, 4.69) is 4.89 Å². The number of carbonyl (C=O) groups is 1. The maximum absolute atomic E-state index is 10.6. The molecule has 0 aromatic heterocycles. The molecule has 1 N–H and O–H groups in total. The van der Waals surface area contributed by atoms with Crippen molar-refractivity contribution in [3.8, 4) is 0 Å². The van der Waals surface area contributed by atoms with Crippen molar-refractivity contribution in [2.45, 2.75) is 44.8 Å². The standard InChI is InChI=1S/C8H14O4/c1-6(9)11-7-2-4-8(12-10)5-3-7/h7-8,10H,2-5H2,1H3. The maximum Gasteiger partial charge on any atom is 0.302 e. The fraction of sp³-hybridized carbons (Fsp3) is 0.875.